The Morgan fingerprint density at radius 1 is 1.00 bits per heavy atom. The van der Waals surface area contributed by atoms with Gasteiger partial charge in [0.2, 0.25) is 0 Å². The summed E-state index contributed by atoms with van der Waals surface area (Å²) in [6.45, 7) is 1.99. The lowest BCUT2D eigenvalue weighted by Crippen LogP contribution is -2.05. The van der Waals surface area contributed by atoms with E-state index < -0.39 is 10.1 Å². The van der Waals surface area contributed by atoms with Gasteiger partial charge >= 0.3 is 10.1 Å². The van der Waals surface area contributed by atoms with Crippen LogP contribution in [0.15, 0.2) is 53.9 Å². The van der Waals surface area contributed by atoms with Crippen LogP contribution in [0, 0.1) is 6.92 Å². The maximum Gasteiger partial charge on any atom is 0.332 e. The zero-order valence-electron chi connectivity index (χ0n) is 13.2. The van der Waals surface area contributed by atoms with Crippen molar-refractivity contribution in [3.8, 4) is 5.75 Å². The van der Waals surface area contributed by atoms with E-state index in [-0.39, 0.29) is 0 Å². The summed E-state index contributed by atoms with van der Waals surface area (Å²) >= 11 is 3.83. The Balaban J connectivity index is 1.66. The lowest BCUT2D eigenvalue weighted by Gasteiger charge is -2.09. The molecule has 6 heteroatoms. The molecule has 0 spiro atoms. The SMILES string of the molecule is Cc1ccc(/C=C/S(=O)(=O)Oc2ccc(C3SCCS3)cc2)cc1. The fourth-order valence-corrected chi connectivity index (χ4v) is 5.85. The van der Waals surface area contributed by atoms with Gasteiger partial charge < -0.3 is 4.18 Å². The zero-order valence-corrected chi connectivity index (χ0v) is 15.7. The van der Waals surface area contributed by atoms with Crippen LogP contribution in [0.1, 0.15) is 21.3 Å². The third-order valence-corrected chi connectivity index (χ3v) is 7.49. The van der Waals surface area contributed by atoms with Crippen LogP contribution in [-0.4, -0.2) is 19.9 Å². The van der Waals surface area contributed by atoms with Crippen LogP contribution in [0.5, 0.6) is 5.75 Å². The number of rotatable bonds is 5. The van der Waals surface area contributed by atoms with Crippen LogP contribution in [0.2, 0.25) is 0 Å². The maximum atomic E-state index is 12.1. The van der Waals surface area contributed by atoms with Gasteiger partial charge in [0.15, 0.2) is 0 Å². The quantitative estimate of drug-likeness (QED) is 0.696. The molecule has 3 nitrogen and oxygen atoms in total. The summed E-state index contributed by atoms with van der Waals surface area (Å²) in [5.74, 6) is 2.65. The van der Waals surface area contributed by atoms with Gasteiger partial charge in [-0.15, -0.1) is 23.5 Å². The molecule has 3 rings (SSSR count). The molecule has 0 aliphatic carbocycles. The molecule has 0 unspecified atom stereocenters. The van der Waals surface area contributed by atoms with Crippen LogP contribution in [0.4, 0.5) is 0 Å². The largest absolute Gasteiger partial charge is 0.379 e. The Hall–Kier alpha value is -1.37. The van der Waals surface area contributed by atoms with Gasteiger partial charge in [-0.25, -0.2) is 0 Å². The molecule has 0 radical (unpaired) electrons. The minimum Gasteiger partial charge on any atom is -0.379 e. The summed E-state index contributed by atoms with van der Waals surface area (Å²) in [7, 11) is -3.77. The fraction of sp³-hybridized carbons (Fsp3) is 0.222. The number of hydrogen-bond donors (Lipinski definition) is 0. The van der Waals surface area contributed by atoms with Gasteiger partial charge in [-0.1, -0.05) is 42.0 Å². The Kier molecular flexibility index (Phi) is 5.58. The van der Waals surface area contributed by atoms with Gasteiger partial charge in [-0.2, -0.15) is 8.42 Å². The van der Waals surface area contributed by atoms with Gasteiger partial charge in [-0.05, 0) is 36.3 Å². The highest BCUT2D eigenvalue weighted by molar-refractivity contribution is 8.19. The highest BCUT2D eigenvalue weighted by Crippen LogP contribution is 2.45. The highest BCUT2D eigenvalue weighted by atomic mass is 32.2. The van der Waals surface area contributed by atoms with E-state index in [1.54, 1.807) is 12.1 Å². The van der Waals surface area contributed by atoms with Gasteiger partial charge in [0.05, 0.1) is 9.99 Å². The fourth-order valence-electron chi connectivity index (χ4n) is 2.23. The molecule has 1 fully saturated rings. The molecule has 1 aliphatic rings. The second-order valence-electron chi connectivity index (χ2n) is 5.43. The third-order valence-electron chi connectivity index (χ3n) is 3.49. The van der Waals surface area contributed by atoms with E-state index >= 15 is 0 Å². The van der Waals surface area contributed by atoms with Crippen molar-refractivity contribution in [2.75, 3.05) is 11.5 Å². The number of aryl methyl sites for hydroxylation is 1. The van der Waals surface area contributed by atoms with Crippen molar-refractivity contribution in [2.24, 2.45) is 0 Å². The van der Waals surface area contributed by atoms with Crippen molar-refractivity contribution in [3.05, 3.63) is 70.6 Å². The van der Waals surface area contributed by atoms with E-state index in [2.05, 4.69) is 0 Å². The van der Waals surface area contributed by atoms with Crippen LogP contribution >= 0.6 is 23.5 Å². The molecule has 0 saturated carbocycles. The molecule has 24 heavy (non-hydrogen) atoms. The summed E-state index contributed by atoms with van der Waals surface area (Å²) in [5.41, 5.74) is 3.14. The molecule has 2 aromatic rings. The summed E-state index contributed by atoms with van der Waals surface area (Å²) < 4.78 is 29.7. The second kappa shape index (κ2) is 7.68. The summed E-state index contributed by atoms with van der Waals surface area (Å²) in [6.07, 6.45) is 1.54. The average Bonchev–Trinajstić information content (AvgIpc) is 3.09. The topological polar surface area (TPSA) is 43.4 Å². The van der Waals surface area contributed by atoms with Crippen molar-refractivity contribution in [1.29, 1.82) is 0 Å². The summed E-state index contributed by atoms with van der Waals surface area (Å²) in [4.78, 5) is 0. The Morgan fingerprint density at radius 3 is 2.25 bits per heavy atom. The zero-order chi connectivity index (χ0) is 17.0. The van der Waals surface area contributed by atoms with Crippen molar-refractivity contribution < 1.29 is 12.6 Å². The monoisotopic (exact) mass is 378 g/mol. The minimum atomic E-state index is -3.77. The Labute approximate surface area is 151 Å². The molecule has 0 N–H and O–H groups in total. The maximum absolute atomic E-state index is 12.1. The van der Waals surface area contributed by atoms with Crippen molar-refractivity contribution in [1.82, 2.24) is 0 Å². The molecule has 126 valence electrons. The number of hydrogen-bond acceptors (Lipinski definition) is 5. The molecule has 2 aromatic carbocycles. The highest BCUT2D eigenvalue weighted by Gasteiger charge is 2.18. The first-order chi connectivity index (χ1) is 11.5. The molecule has 0 atom stereocenters. The van der Waals surface area contributed by atoms with Crippen LogP contribution in [0.25, 0.3) is 6.08 Å². The lowest BCUT2D eigenvalue weighted by atomic mass is 10.2. The standard InChI is InChI=1S/C18H18O3S3/c1-14-2-4-15(5-3-14)10-13-24(19,20)21-17-8-6-16(7-9-17)18-22-11-12-23-18/h2-10,13,18H,11-12H2,1H3/b13-10+. The first-order valence-corrected chi connectivity index (χ1v) is 11.1. The molecule has 1 heterocycles. The number of benzene rings is 2. The van der Waals surface area contributed by atoms with E-state index in [9.17, 15) is 8.42 Å². The van der Waals surface area contributed by atoms with Crippen LogP contribution < -0.4 is 4.18 Å². The Bertz CT molecular complexity index is 804. The van der Waals surface area contributed by atoms with Crippen molar-refractivity contribution in [2.45, 2.75) is 11.5 Å². The van der Waals surface area contributed by atoms with Crippen molar-refractivity contribution in [3.63, 3.8) is 0 Å². The van der Waals surface area contributed by atoms with Crippen LogP contribution in [-0.2, 0) is 10.1 Å². The smallest absolute Gasteiger partial charge is 0.332 e. The summed E-state index contributed by atoms with van der Waals surface area (Å²) in [6, 6.07) is 14.9. The second-order valence-corrected chi connectivity index (χ2v) is 9.58. The molecule has 0 aromatic heterocycles. The first-order valence-electron chi connectivity index (χ1n) is 7.54. The van der Waals surface area contributed by atoms with Gasteiger partial charge in [0.1, 0.15) is 5.75 Å². The van der Waals surface area contributed by atoms with Gasteiger partial charge in [0, 0.05) is 11.5 Å². The van der Waals surface area contributed by atoms with Gasteiger partial charge in [-0.3, -0.25) is 0 Å². The summed E-state index contributed by atoms with van der Waals surface area (Å²) in [5, 5.41) is 1.09. The normalized spacial score (nSPS) is 15.9. The molecular formula is C18H18O3S3. The van der Waals surface area contributed by atoms with Gasteiger partial charge in [0.25, 0.3) is 0 Å². The van der Waals surface area contributed by atoms with Crippen LogP contribution in [0.3, 0.4) is 0 Å². The molecular weight excluding hydrogens is 360 g/mol. The minimum absolute atomic E-state index is 0.334. The predicted molar refractivity (Wildman–Crippen MR) is 104 cm³/mol. The van der Waals surface area contributed by atoms with E-state index in [4.69, 9.17) is 4.18 Å². The molecule has 1 aliphatic heterocycles. The first kappa shape index (κ1) is 17.5. The van der Waals surface area contributed by atoms with E-state index in [1.807, 2.05) is 66.8 Å². The number of thioether (sulfide) groups is 2. The molecule has 0 bridgehead atoms. The van der Waals surface area contributed by atoms with Crippen molar-refractivity contribution >= 4 is 39.7 Å². The third kappa shape index (κ3) is 4.82. The lowest BCUT2D eigenvalue weighted by molar-refractivity contribution is 0.497. The average molecular weight is 379 g/mol. The molecule has 1 saturated heterocycles. The van der Waals surface area contributed by atoms with E-state index in [0.717, 1.165) is 28.0 Å². The van der Waals surface area contributed by atoms with E-state index in [0.29, 0.717) is 10.3 Å². The molecule has 0 amide bonds. The predicted octanol–water partition coefficient (Wildman–Crippen LogP) is 4.85. The Morgan fingerprint density at radius 2 is 1.62 bits per heavy atom. The van der Waals surface area contributed by atoms with E-state index in [1.165, 1.54) is 11.6 Å².